The van der Waals surface area contributed by atoms with Gasteiger partial charge in [0.05, 0.1) is 6.10 Å². The Bertz CT molecular complexity index is 123. The number of rotatable bonds is 3. The molecule has 0 unspecified atom stereocenters. The Morgan fingerprint density at radius 3 is 2.90 bits per heavy atom. The van der Waals surface area contributed by atoms with Gasteiger partial charge >= 0.3 is 0 Å². The Labute approximate surface area is 67.0 Å². The topological polar surface area (TPSA) is 9.23 Å². The summed E-state index contributed by atoms with van der Waals surface area (Å²) in [7, 11) is 0. The SMILES string of the molecule is CCOC1CC(=CCCl)C1. The second kappa shape index (κ2) is 3.99. The van der Waals surface area contributed by atoms with Crippen LogP contribution in [0.4, 0.5) is 0 Å². The van der Waals surface area contributed by atoms with E-state index in [-0.39, 0.29) is 0 Å². The van der Waals surface area contributed by atoms with E-state index >= 15 is 0 Å². The van der Waals surface area contributed by atoms with Crippen LogP contribution in [0.3, 0.4) is 0 Å². The molecule has 0 bridgehead atoms. The highest BCUT2D eigenvalue weighted by Gasteiger charge is 2.22. The zero-order chi connectivity index (χ0) is 7.40. The van der Waals surface area contributed by atoms with Crippen LogP contribution in [0.5, 0.6) is 0 Å². The van der Waals surface area contributed by atoms with Gasteiger partial charge in [0, 0.05) is 12.5 Å². The fourth-order valence-electron chi connectivity index (χ4n) is 1.15. The van der Waals surface area contributed by atoms with Crippen molar-refractivity contribution in [3.8, 4) is 0 Å². The first-order chi connectivity index (χ1) is 4.86. The normalized spacial score (nSPS) is 24.2. The van der Waals surface area contributed by atoms with Gasteiger partial charge in [-0.2, -0.15) is 0 Å². The highest BCUT2D eigenvalue weighted by molar-refractivity contribution is 6.18. The summed E-state index contributed by atoms with van der Waals surface area (Å²) in [5, 5.41) is 0. The first-order valence-electron chi connectivity index (χ1n) is 3.72. The minimum Gasteiger partial charge on any atom is -0.378 e. The molecule has 1 nitrogen and oxygen atoms in total. The Morgan fingerprint density at radius 1 is 1.70 bits per heavy atom. The van der Waals surface area contributed by atoms with E-state index in [2.05, 4.69) is 6.08 Å². The van der Waals surface area contributed by atoms with Gasteiger partial charge in [-0.25, -0.2) is 0 Å². The highest BCUT2D eigenvalue weighted by atomic mass is 35.5. The van der Waals surface area contributed by atoms with E-state index in [1.54, 1.807) is 0 Å². The maximum absolute atomic E-state index is 5.52. The van der Waals surface area contributed by atoms with E-state index in [1.807, 2.05) is 6.92 Å². The molecular formula is C8H13ClO. The number of hydrogen-bond acceptors (Lipinski definition) is 1. The molecule has 0 aliphatic heterocycles. The molecule has 0 aromatic carbocycles. The van der Waals surface area contributed by atoms with Crippen LogP contribution in [0.25, 0.3) is 0 Å². The van der Waals surface area contributed by atoms with Gasteiger partial charge in [-0.15, -0.1) is 11.6 Å². The first kappa shape index (κ1) is 8.09. The summed E-state index contributed by atoms with van der Waals surface area (Å²) in [6.45, 7) is 2.86. The standard InChI is InChI=1S/C8H13ClO/c1-2-10-8-5-7(6-8)3-4-9/h3,8H,2,4-6H2,1H3. The number of halogens is 1. The second-order valence-electron chi connectivity index (χ2n) is 2.50. The minimum atomic E-state index is 0.486. The molecule has 0 amide bonds. The van der Waals surface area contributed by atoms with Crippen LogP contribution in [0.15, 0.2) is 11.6 Å². The third kappa shape index (κ3) is 1.99. The molecule has 0 heterocycles. The zero-order valence-corrected chi connectivity index (χ0v) is 7.03. The van der Waals surface area contributed by atoms with E-state index in [9.17, 15) is 0 Å². The van der Waals surface area contributed by atoms with E-state index in [0.29, 0.717) is 12.0 Å². The Morgan fingerprint density at radius 2 is 2.40 bits per heavy atom. The number of hydrogen-bond donors (Lipinski definition) is 0. The average Bonchev–Trinajstić information content (AvgIpc) is 1.84. The van der Waals surface area contributed by atoms with Crippen molar-refractivity contribution in [2.75, 3.05) is 12.5 Å². The van der Waals surface area contributed by atoms with Gasteiger partial charge in [-0.1, -0.05) is 11.6 Å². The molecule has 0 aromatic rings. The molecule has 0 N–H and O–H groups in total. The van der Waals surface area contributed by atoms with E-state index in [1.165, 1.54) is 5.57 Å². The van der Waals surface area contributed by atoms with Crippen molar-refractivity contribution >= 4 is 11.6 Å². The summed E-state index contributed by atoms with van der Waals surface area (Å²) in [6, 6.07) is 0. The van der Waals surface area contributed by atoms with Gasteiger partial charge in [0.1, 0.15) is 0 Å². The lowest BCUT2D eigenvalue weighted by Gasteiger charge is -2.28. The van der Waals surface area contributed by atoms with Crippen LogP contribution >= 0.6 is 11.6 Å². The van der Waals surface area contributed by atoms with Gasteiger partial charge < -0.3 is 4.74 Å². The Hall–Kier alpha value is -0.0100. The fourth-order valence-corrected chi connectivity index (χ4v) is 1.37. The molecule has 58 valence electrons. The summed E-state index contributed by atoms with van der Waals surface area (Å²) in [4.78, 5) is 0. The molecule has 0 aromatic heterocycles. The van der Waals surface area contributed by atoms with Crippen molar-refractivity contribution in [2.24, 2.45) is 0 Å². The van der Waals surface area contributed by atoms with E-state index in [0.717, 1.165) is 19.4 Å². The maximum Gasteiger partial charge on any atom is 0.0649 e. The molecule has 1 rings (SSSR count). The lowest BCUT2D eigenvalue weighted by atomic mass is 9.89. The highest BCUT2D eigenvalue weighted by Crippen LogP contribution is 2.28. The van der Waals surface area contributed by atoms with Crippen LogP contribution in [-0.2, 0) is 4.74 Å². The molecule has 2 heteroatoms. The van der Waals surface area contributed by atoms with Gasteiger partial charge in [-0.3, -0.25) is 0 Å². The predicted octanol–water partition coefficient (Wildman–Crippen LogP) is 2.35. The van der Waals surface area contributed by atoms with Crippen LogP contribution in [-0.4, -0.2) is 18.6 Å². The molecule has 0 saturated heterocycles. The molecule has 0 atom stereocenters. The molecule has 1 saturated carbocycles. The quantitative estimate of drug-likeness (QED) is 0.455. The number of ether oxygens (including phenoxy) is 1. The molecular weight excluding hydrogens is 148 g/mol. The summed E-state index contributed by atoms with van der Waals surface area (Å²) < 4.78 is 5.37. The largest absolute Gasteiger partial charge is 0.378 e. The monoisotopic (exact) mass is 160 g/mol. The van der Waals surface area contributed by atoms with Gasteiger partial charge in [0.25, 0.3) is 0 Å². The first-order valence-corrected chi connectivity index (χ1v) is 4.25. The average molecular weight is 161 g/mol. The van der Waals surface area contributed by atoms with Gasteiger partial charge in [0.15, 0.2) is 0 Å². The van der Waals surface area contributed by atoms with Crippen molar-refractivity contribution in [3.63, 3.8) is 0 Å². The summed E-state index contributed by atoms with van der Waals surface area (Å²) in [5.41, 5.74) is 1.45. The summed E-state index contributed by atoms with van der Waals surface area (Å²) in [6.07, 6.45) is 4.76. The molecule has 1 aliphatic rings. The molecule has 1 fully saturated rings. The van der Waals surface area contributed by atoms with Crippen LogP contribution < -0.4 is 0 Å². The molecule has 0 spiro atoms. The lowest BCUT2D eigenvalue weighted by molar-refractivity contribution is 0.0369. The summed E-state index contributed by atoms with van der Waals surface area (Å²) >= 11 is 5.52. The van der Waals surface area contributed by atoms with Crippen LogP contribution in [0, 0.1) is 0 Å². The molecule has 10 heavy (non-hydrogen) atoms. The smallest absolute Gasteiger partial charge is 0.0649 e. The molecule has 1 aliphatic carbocycles. The van der Waals surface area contributed by atoms with Crippen molar-refractivity contribution < 1.29 is 4.74 Å². The van der Waals surface area contributed by atoms with Gasteiger partial charge in [0.2, 0.25) is 0 Å². The fraction of sp³-hybridized carbons (Fsp3) is 0.750. The number of allylic oxidation sites excluding steroid dienone is 1. The predicted molar refractivity (Wildman–Crippen MR) is 43.5 cm³/mol. The van der Waals surface area contributed by atoms with Gasteiger partial charge in [-0.05, 0) is 19.8 Å². The third-order valence-corrected chi connectivity index (χ3v) is 1.90. The van der Waals surface area contributed by atoms with Crippen LogP contribution in [0.2, 0.25) is 0 Å². The van der Waals surface area contributed by atoms with E-state index in [4.69, 9.17) is 16.3 Å². The lowest BCUT2D eigenvalue weighted by Crippen LogP contribution is -2.24. The summed E-state index contributed by atoms with van der Waals surface area (Å²) in [5.74, 6) is 0.647. The van der Waals surface area contributed by atoms with Crippen molar-refractivity contribution in [3.05, 3.63) is 11.6 Å². The van der Waals surface area contributed by atoms with Crippen molar-refractivity contribution in [1.29, 1.82) is 0 Å². The zero-order valence-electron chi connectivity index (χ0n) is 6.27. The van der Waals surface area contributed by atoms with Crippen molar-refractivity contribution in [2.45, 2.75) is 25.9 Å². The third-order valence-electron chi connectivity index (χ3n) is 1.75. The maximum atomic E-state index is 5.52. The number of alkyl halides is 1. The second-order valence-corrected chi connectivity index (χ2v) is 2.81. The minimum absolute atomic E-state index is 0.486. The molecule has 0 radical (unpaired) electrons. The Kier molecular flexibility index (Phi) is 3.23. The van der Waals surface area contributed by atoms with Crippen LogP contribution in [0.1, 0.15) is 19.8 Å². The van der Waals surface area contributed by atoms with Crippen molar-refractivity contribution in [1.82, 2.24) is 0 Å². The Balaban J connectivity index is 2.11. The van der Waals surface area contributed by atoms with E-state index < -0.39 is 0 Å².